The first-order chi connectivity index (χ1) is 9.86. The van der Waals surface area contributed by atoms with E-state index in [0.29, 0.717) is 4.90 Å². The fraction of sp³-hybridized carbons (Fsp3) is 0.545. The van der Waals surface area contributed by atoms with Crippen LogP contribution in [0.15, 0.2) is 12.3 Å². The lowest BCUT2D eigenvalue weighted by atomic mass is 10.2. The van der Waals surface area contributed by atoms with Crippen molar-refractivity contribution in [3.8, 4) is 0 Å². The average molecular weight is 306 g/mol. The number of carboxylic acid groups (broad SMARTS) is 1. The molecule has 0 aliphatic carbocycles. The number of hydrogen-bond donors (Lipinski definition) is 2. The van der Waals surface area contributed by atoms with Crippen molar-refractivity contribution < 1.29 is 27.9 Å². The van der Waals surface area contributed by atoms with Crippen LogP contribution >= 0.6 is 0 Å². The van der Waals surface area contributed by atoms with E-state index in [2.05, 4.69) is 10.4 Å². The highest BCUT2D eigenvalue weighted by Crippen LogP contribution is 2.21. The summed E-state index contributed by atoms with van der Waals surface area (Å²) in [5, 5.41) is 14.9. The van der Waals surface area contributed by atoms with Gasteiger partial charge in [0, 0.05) is 18.7 Å². The maximum absolute atomic E-state index is 13.2. The van der Waals surface area contributed by atoms with Gasteiger partial charge in [-0.05, 0) is 0 Å². The summed E-state index contributed by atoms with van der Waals surface area (Å²) in [6.07, 6.45) is -4.37. The molecule has 116 valence electrons. The van der Waals surface area contributed by atoms with Crippen LogP contribution in [0, 0.1) is 0 Å². The molecule has 2 heterocycles. The number of carbonyl (C=O) groups excluding carboxylic acids is 1. The van der Waals surface area contributed by atoms with Crippen molar-refractivity contribution in [1.82, 2.24) is 14.7 Å². The minimum Gasteiger partial charge on any atom is -0.465 e. The second-order valence-electron chi connectivity index (χ2n) is 4.59. The number of nitrogens with one attached hydrogen (secondary N) is 1. The molecule has 1 aromatic heterocycles. The number of hydrogen-bond acceptors (Lipinski definition) is 3. The molecular formula is C11H13F3N4O3. The monoisotopic (exact) mass is 306 g/mol. The van der Waals surface area contributed by atoms with Crippen molar-refractivity contribution in [2.24, 2.45) is 0 Å². The van der Waals surface area contributed by atoms with Crippen molar-refractivity contribution in [2.75, 3.05) is 11.9 Å². The van der Waals surface area contributed by atoms with Gasteiger partial charge in [0.15, 0.2) is 5.82 Å². The first-order valence-electron chi connectivity index (χ1n) is 6.13. The predicted octanol–water partition coefficient (Wildman–Crippen LogP) is 1.18. The van der Waals surface area contributed by atoms with Gasteiger partial charge >= 0.3 is 6.09 Å². The number of anilines is 1. The van der Waals surface area contributed by atoms with E-state index in [0.717, 1.165) is 4.68 Å². The van der Waals surface area contributed by atoms with Crippen LogP contribution in [0.1, 0.15) is 6.42 Å². The molecule has 1 aliphatic rings. The number of amides is 2. The van der Waals surface area contributed by atoms with Crippen LogP contribution in [0.25, 0.3) is 0 Å². The van der Waals surface area contributed by atoms with Crippen LogP contribution in [-0.2, 0) is 11.3 Å². The summed E-state index contributed by atoms with van der Waals surface area (Å²) in [6, 6.07) is 0.144. The maximum Gasteiger partial charge on any atom is 0.408 e. The maximum atomic E-state index is 13.2. The molecular weight excluding hydrogens is 293 g/mol. The van der Waals surface area contributed by atoms with E-state index in [1.54, 1.807) is 0 Å². The zero-order valence-electron chi connectivity index (χ0n) is 10.7. The third kappa shape index (κ3) is 3.64. The van der Waals surface area contributed by atoms with Crippen LogP contribution in [0.5, 0.6) is 0 Å². The normalized spacial score (nSPS) is 21.8. The Morgan fingerprint density at radius 1 is 1.52 bits per heavy atom. The van der Waals surface area contributed by atoms with Gasteiger partial charge in [-0.15, -0.1) is 0 Å². The molecule has 2 amide bonds. The van der Waals surface area contributed by atoms with Gasteiger partial charge in [-0.3, -0.25) is 14.4 Å². The average Bonchev–Trinajstić information content (AvgIpc) is 2.95. The molecule has 2 N–H and O–H groups in total. The van der Waals surface area contributed by atoms with Crippen molar-refractivity contribution in [1.29, 1.82) is 0 Å². The van der Waals surface area contributed by atoms with E-state index in [1.807, 2.05) is 0 Å². The fourth-order valence-electron chi connectivity index (χ4n) is 2.13. The highest BCUT2D eigenvalue weighted by Gasteiger charge is 2.40. The minimum absolute atomic E-state index is 0.00768. The molecule has 10 heteroatoms. The standard InChI is InChI=1S/C11H13F3N4O3/c12-6-3-7(18(4-6)11(20)21)10(19)15-9-1-2-17(16-9)5-8(13)14/h1-2,6-8H,3-5H2,(H,20,21)(H,15,16,19)/t6-,7+/m1/s1. The number of rotatable bonds is 4. The summed E-state index contributed by atoms with van der Waals surface area (Å²) < 4.78 is 38.5. The van der Waals surface area contributed by atoms with E-state index >= 15 is 0 Å². The molecule has 1 saturated heterocycles. The van der Waals surface area contributed by atoms with Gasteiger partial charge in [-0.25, -0.2) is 18.0 Å². The molecule has 2 atom stereocenters. The van der Waals surface area contributed by atoms with Crippen LogP contribution in [0.2, 0.25) is 0 Å². The summed E-state index contributed by atoms with van der Waals surface area (Å²) in [5.74, 6) is -0.729. The third-order valence-corrected chi connectivity index (χ3v) is 3.02. The van der Waals surface area contributed by atoms with Crippen LogP contribution in [0.3, 0.4) is 0 Å². The van der Waals surface area contributed by atoms with Crippen molar-refractivity contribution in [3.05, 3.63) is 12.3 Å². The first kappa shape index (κ1) is 15.1. The molecule has 2 rings (SSSR count). The Morgan fingerprint density at radius 2 is 2.24 bits per heavy atom. The van der Waals surface area contributed by atoms with E-state index in [-0.39, 0.29) is 18.8 Å². The van der Waals surface area contributed by atoms with Crippen LogP contribution < -0.4 is 5.32 Å². The largest absolute Gasteiger partial charge is 0.465 e. The Labute approximate surface area is 117 Å². The zero-order chi connectivity index (χ0) is 15.6. The Bertz CT molecular complexity index is 537. The van der Waals surface area contributed by atoms with E-state index < -0.39 is 37.2 Å². The third-order valence-electron chi connectivity index (χ3n) is 3.02. The van der Waals surface area contributed by atoms with Crippen molar-refractivity contribution >= 4 is 17.8 Å². The van der Waals surface area contributed by atoms with E-state index in [1.165, 1.54) is 12.3 Å². The molecule has 1 aliphatic heterocycles. The van der Waals surface area contributed by atoms with Crippen molar-refractivity contribution in [3.63, 3.8) is 0 Å². The smallest absolute Gasteiger partial charge is 0.408 e. The summed E-state index contributed by atoms with van der Waals surface area (Å²) in [4.78, 5) is 23.5. The minimum atomic E-state index is -2.59. The molecule has 1 fully saturated rings. The van der Waals surface area contributed by atoms with E-state index in [4.69, 9.17) is 5.11 Å². The molecule has 21 heavy (non-hydrogen) atoms. The summed E-state index contributed by atoms with van der Waals surface area (Å²) >= 11 is 0. The number of carbonyl (C=O) groups is 2. The zero-order valence-corrected chi connectivity index (χ0v) is 10.7. The summed E-state index contributed by atoms with van der Waals surface area (Å²) in [7, 11) is 0. The molecule has 0 radical (unpaired) electrons. The first-order valence-corrected chi connectivity index (χ1v) is 6.13. The molecule has 0 spiro atoms. The second kappa shape index (κ2) is 6.02. The quantitative estimate of drug-likeness (QED) is 0.874. The molecule has 0 unspecified atom stereocenters. The Hall–Kier alpha value is -2.26. The van der Waals surface area contributed by atoms with Gasteiger partial charge in [-0.1, -0.05) is 0 Å². The lowest BCUT2D eigenvalue weighted by molar-refractivity contribution is -0.120. The van der Waals surface area contributed by atoms with Gasteiger partial charge in [0.05, 0.1) is 6.54 Å². The lowest BCUT2D eigenvalue weighted by Crippen LogP contribution is -2.42. The molecule has 0 saturated carbocycles. The number of nitrogens with zero attached hydrogens (tertiary/aromatic N) is 3. The van der Waals surface area contributed by atoms with Gasteiger partial charge in [0.1, 0.15) is 18.8 Å². The topological polar surface area (TPSA) is 87.5 Å². The number of likely N-dealkylation sites (tertiary alicyclic amines) is 1. The second-order valence-corrected chi connectivity index (χ2v) is 4.59. The number of aromatic nitrogens is 2. The van der Waals surface area contributed by atoms with Crippen molar-refractivity contribution in [2.45, 2.75) is 31.6 Å². The number of halogens is 3. The van der Waals surface area contributed by atoms with Gasteiger partial charge < -0.3 is 10.4 Å². The van der Waals surface area contributed by atoms with Gasteiger partial charge in [0.2, 0.25) is 5.91 Å². The fourth-order valence-corrected chi connectivity index (χ4v) is 2.13. The SMILES string of the molecule is O=C(Nc1ccn(CC(F)F)n1)[C@@H]1C[C@@H](F)CN1C(=O)O. The van der Waals surface area contributed by atoms with E-state index in [9.17, 15) is 22.8 Å². The highest BCUT2D eigenvalue weighted by atomic mass is 19.3. The summed E-state index contributed by atoms with van der Waals surface area (Å²) in [6.45, 7) is -0.986. The van der Waals surface area contributed by atoms with Crippen LogP contribution in [-0.4, -0.2) is 57.0 Å². The lowest BCUT2D eigenvalue weighted by Gasteiger charge is -2.19. The van der Waals surface area contributed by atoms with Crippen LogP contribution in [0.4, 0.5) is 23.8 Å². The predicted molar refractivity (Wildman–Crippen MR) is 64.9 cm³/mol. The molecule has 7 nitrogen and oxygen atoms in total. The molecule has 1 aromatic rings. The molecule has 0 aromatic carbocycles. The Morgan fingerprint density at radius 3 is 2.86 bits per heavy atom. The Kier molecular flexibility index (Phi) is 4.34. The number of alkyl halides is 3. The Balaban J connectivity index is 2.00. The highest BCUT2D eigenvalue weighted by molar-refractivity contribution is 5.96. The van der Waals surface area contributed by atoms with Gasteiger partial charge in [-0.2, -0.15) is 5.10 Å². The summed E-state index contributed by atoms with van der Waals surface area (Å²) in [5.41, 5.74) is 0. The van der Waals surface area contributed by atoms with Gasteiger partial charge in [0.25, 0.3) is 6.43 Å². The molecule has 0 bridgehead atoms.